The Bertz CT molecular complexity index is 1150. The fourth-order valence-electron chi connectivity index (χ4n) is 4.13. The number of thiophene rings is 1. The van der Waals surface area contributed by atoms with Crippen LogP contribution in [0.15, 0.2) is 29.1 Å². The molecule has 1 amide bonds. The zero-order chi connectivity index (χ0) is 21.3. The molecule has 4 rings (SSSR count). The Morgan fingerprint density at radius 2 is 2.00 bits per heavy atom. The molecule has 0 fully saturated rings. The first kappa shape index (κ1) is 20.8. The Morgan fingerprint density at radius 3 is 2.77 bits per heavy atom. The van der Waals surface area contributed by atoms with Gasteiger partial charge in [0, 0.05) is 10.6 Å². The summed E-state index contributed by atoms with van der Waals surface area (Å²) in [5.74, 6) is 0.429. The second-order valence-electron chi connectivity index (χ2n) is 8.11. The number of rotatable bonds is 6. The Kier molecular flexibility index (Phi) is 6.01. The summed E-state index contributed by atoms with van der Waals surface area (Å²) in [6, 6.07) is 7.77. The highest BCUT2D eigenvalue weighted by Crippen LogP contribution is 2.33. The highest BCUT2D eigenvalue weighted by molar-refractivity contribution is 7.18. The van der Waals surface area contributed by atoms with Crippen molar-refractivity contribution < 1.29 is 4.79 Å². The standard InChI is InChI=1S/C23H28N4O2S/c1-4-15-9-5-7-11-17(15)24-20(28)14-27-19(13-26(2)3)25-22-21(23(27)29)16-10-6-8-12-18(16)30-22/h5,7,9,11H,4,6,8,10,12-14H2,1-3H3,(H,24,28). The van der Waals surface area contributed by atoms with Crippen LogP contribution >= 0.6 is 11.3 Å². The zero-order valence-corrected chi connectivity index (χ0v) is 18.6. The summed E-state index contributed by atoms with van der Waals surface area (Å²) in [5, 5.41) is 3.71. The molecule has 2 heterocycles. The summed E-state index contributed by atoms with van der Waals surface area (Å²) in [7, 11) is 3.88. The van der Waals surface area contributed by atoms with Crippen molar-refractivity contribution in [3.05, 3.63) is 56.4 Å². The summed E-state index contributed by atoms with van der Waals surface area (Å²) >= 11 is 1.65. The predicted octanol–water partition coefficient (Wildman–Crippen LogP) is 3.60. The van der Waals surface area contributed by atoms with Crippen LogP contribution in [0, 0.1) is 0 Å². The van der Waals surface area contributed by atoms with Crippen LogP contribution in [-0.4, -0.2) is 34.5 Å². The van der Waals surface area contributed by atoms with E-state index in [1.54, 1.807) is 15.9 Å². The molecular weight excluding hydrogens is 396 g/mol. The summed E-state index contributed by atoms with van der Waals surface area (Å²) in [5.41, 5.74) is 2.94. The number of amides is 1. The molecule has 0 unspecified atom stereocenters. The van der Waals surface area contributed by atoms with Crippen LogP contribution < -0.4 is 10.9 Å². The molecule has 3 aromatic rings. The van der Waals surface area contributed by atoms with Crippen molar-refractivity contribution in [3.8, 4) is 0 Å². The predicted molar refractivity (Wildman–Crippen MR) is 122 cm³/mol. The van der Waals surface area contributed by atoms with E-state index < -0.39 is 0 Å². The second-order valence-corrected chi connectivity index (χ2v) is 9.19. The van der Waals surface area contributed by atoms with Crippen molar-refractivity contribution in [2.24, 2.45) is 0 Å². The van der Waals surface area contributed by atoms with Gasteiger partial charge in [-0.25, -0.2) is 4.98 Å². The number of nitrogens with one attached hydrogen (secondary N) is 1. The maximum absolute atomic E-state index is 13.5. The van der Waals surface area contributed by atoms with E-state index in [-0.39, 0.29) is 18.0 Å². The lowest BCUT2D eigenvalue weighted by atomic mass is 9.97. The number of benzene rings is 1. The van der Waals surface area contributed by atoms with Crippen molar-refractivity contribution in [3.63, 3.8) is 0 Å². The van der Waals surface area contributed by atoms with Crippen LogP contribution in [0.25, 0.3) is 10.2 Å². The number of carbonyl (C=O) groups is 1. The molecule has 0 spiro atoms. The molecule has 2 aromatic heterocycles. The van der Waals surface area contributed by atoms with E-state index in [2.05, 4.69) is 12.2 Å². The van der Waals surface area contributed by atoms with Crippen molar-refractivity contribution in [2.75, 3.05) is 19.4 Å². The van der Waals surface area contributed by atoms with E-state index in [9.17, 15) is 9.59 Å². The lowest BCUT2D eigenvalue weighted by Crippen LogP contribution is -2.33. The molecular formula is C23H28N4O2S. The van der Waals surface area contributed by atoms with Crippen molar-refractivity contribution >= 4 is 33.1 Å². The van der Waals surface area contributed by atoms with Crippen LogP contribution in [0.1, 0.15) is 41.6 Å². The van der Waals surface area contributed by atoms with Gasteiger partial charge in [-0.15, -0.1) is 11.3 Å². The number of para-hydroxylation sites is 1. The molecule has 0 saturated carbocycles. The third-order valence-corrected chi connectivity index (χ3v) is 6.77. The van der Waals surface area contributed by atoms with Gasteiger partial charge >= 0.3 is 0 Å². The normalized spacial score (nSPS) is 13.6. The van der Waals surface area contributed by atoms with Crippen LogP contribution in [0.4, 0.5) is 5.69 Å². The minimum absolute atomic E-state index is 0.0341. The van der Waals surface area contributed by atoms with Gasteiger partial charge < -0.3 is 10.2 Å². The molecule has 0 aliphatic heterocycles. The second kappa shape index (κ2) is 8.70. The Labute approximate surface area is 180 Å². The van der Waals surface area contributed by atoms with Gasteiger partial charge in [-0.2, -0.15) is 0 Å². The third kappa shape index (κ3) is 4.04. The van der Waals surface area contributed by atoms with E-state index >= 15 is 0 Å². The molecule has 1 aliphatic carbocycles. The molecule has 0 radical (unpaired) electrons. The molecule has 158 valence electrons. The number of nitrogens with zero attached hydrogens (tertiary/aromatic N) is 3. The van der Waals surface area contributed by atoms with Crippen LogP contribution in [-0.2, 0) is 37.1 Å². The number of aryl methyl sites for hydroxylation is 3. The van der Waals surface area contributed by atoms with Gasteiger partial charge in [0.2, 0.25) is 5.91 Å². The summed E-state index contributed by atoms with van der Waals surface area (Å²) < 4.78 is 1.56. The zero-order valence-electron chi connectivity index (χ0n) is 17.8. The monoisotopic (exact) mass is 424 g/mol. The van der Waals surface area contributed by atoms with Gasteiger partial charge in [-0.1, -0.05) is 25.1 Å². The SMILES string of the molecule is CCc1ccccc1NC(=O)Cn1c(CN(C)C)nc2sc3c(c2c1=O)CCCC3. The summed E-state index contributed by atoms with van der Waals surface area (Å²) in [6.07, 6.45) is 5.04. The first-order chi connectivity index (χ1) is 14.5. The van der Waals surface area contributed by atoms with E-state index in [1.807, 2.05) is 43.3 Å². The quantitative estimate of drug-likeness (QED) is 0.657. The average Bonchev–Trinajstić information content (AvgIpc) is 3.09. The fraction of sp³-hybridized carbons (Fsp3) is 0.435. The van der Waals surface area contributed by atoms with Crippen molar-refractivity contribution in [2.45, 2.75) is 52.1 Å². The fourth-order valence-corrected chi connectivity index (χ4v) is 5.40. The van der Waals surface area contributed by atoms with Gasteiger partial charge in [-0.05, 0) is 63.4 Å². The lowest BCUT2D eigenvalue weighted by molar-refractivity contribution is -0.116. The Morgan fingerprint density at radius 1 is 1.23 bits per heavy atom. The molecule has 7 heteroatoms. The van der Waals surface area contributed by atoms with Gasteiger partial charge in [0.1, 0.15) is 17.2 Å². The van der Waals surface area contributed by atoms with Gasteiger partial charge in [0.25, 0.3) is 5.56 Å². The molecule has 30 heavy (non-hydrogen) atoms. The lowest BCUT2D eigenvalue weighted by Gasteiger charge is -2.17. The average molecular weight is 425 g/mol. The van der Waals surface area contributed by atoms with Gasteiger partial charge in [-0.3, -0.25) is 14.2 Å². The molecule has 0 bridgehead atoms. The number of fused-ring (bicyclic) bond motifs is 3. The number of aromatic nitrogens is 2. The van der Waals surface area contributed by atoms with Crippen LogP contribution in [0.3, 0.4) is 0 Å². The van der Waals surface area contributed by atoms with Gasteiger partial charge in [0.05, 0.1) is 11.9 Å². The van der Waals surface area contributed by atoms with Crippen LogP contribution in [0.5, 0.6) is 0 Å². The highest BCUT2D eigenvalue weighted by atomic mass is 32.1. The maximum Gasteiger partial charge on any atom is 0.263 e. The van der Waals surface area contributed by atoms with E-state index in [1.165, 1.54) is 4.88 Å². The maximum atomic E-state index is 13.5. The number of hydrogen-bond acceptors (Lipinski definition) is 5. The summed E-state index contributed by atoms with van der Waals surface area (Å²) in [4.78, 5) is 35.3. The first-order valence-corrected chi connectivity index (χ1v) is 11.4. The Hall–Kier alpha value is -2.51. The van der Waals surface area contributed by atoms with Crippen molar-refractivity contribution in [1.82, 2.24) is 14.5 Å². The highest BCUT2D eigenvalue weighted by Gasteiger charge is 2.23. The molecule has 1 N–H and O–H groups in total. The number of anilines is 1. The first-order valence-electron chi connectivity index (χ1n) is 10.5. The topological polar surface area (TPSA) is 67.2 Å². The van der Waals surface area contributed by atoms with E-state index in [4.69, 9.17) is 4.98 Å². The molecule has 1 aliphatic rings. The van der Waals surface area contributed by atoms with Crippen molar-refractivity contribution in [1.29, 1.82) is 0 Å². The van der Waals surface area contributed by atoms with Crippen LogP contribution in [0.2, 0.25) is 0 Å². The molecule has 1 aromatic carbocycles. The van der Waals surface area contributed by atoms with E-state index in [0.717, 1.165) is 59.1 Å². The third-order valence-electron chi connectivity index (χ3n) is 5.59. The van der Waals surface area contributed by atoms with E-state index in [0.29, 0.717) is 12.4 Å². The minimum atomic E-state index is -0.205. The van der Waals surface area contributed by atoms with Gasteiger partial charge in [0.15, 0.2) is 0 Å². The molecule has 6 nitrogen and oxygen atoms in total. The Balaban J connectivity index is 1.73. The summed E-state index contributed by atoms with van der Waals surface area (Å²) in [6.45, 7) is 2.53. The minimum Gasteiger partial charge on any atom is -0.324 e. The largest absolute Gasteiger partial charge is 0.324 e. The smallest absolute Gasteiger partial charge is 0.263 e. The molecule has 0 atom stereocenters. The molecule has 0 saturated heterocycles. The number of hydrogen-bond donors (Lipinski definition) is 1. The number of carbonyl (C=O) groups excluding carboxylic acids is 1.